The van der Waals surface area contributed by atoms with Crippen LogP contribution in [0.2, 0.25) is 5.02 Å². The van der Waals surface area contributed by atoms with Crippen molar-refractivity contribution in [2.75, 3.05) is 20.8 Å². The molecule has 1 fully saturated rings. The van der Waals surface area contributed by atoms with Crippen molar-refractivity contribution in [2.24, 2.45) is 0 Å². The molecule has 180 valence electrons. The Hall–Kier alpha value is -2.29. The molecule has 1 aliphatic carbocycles. The number of methoxy groups -OCH3 is 2. The molecular formula is C24H31ClN2O5S. The molecule has 0 aliphatic heterocycles. The summed E-state index contributed by atoms with van der Waals surface area (Å²) in [5, 5.41) is 3.13. The first-order valence-corrected chi connectivity index (χ1v) is 12.9. The highest BCUT2D eigenvalue weighted by molar-refractivity contribution is 7.89. The molecule has 0 saturated heterocycles. The summed E-state index contributed by atoms with van der Waals surface area (Å²) in [6.45, 7) is 1.61. The second-order valence-corrected chi connectivity index (χ2v) is 10.5. The van der Waals surface area contributed by atoms with Gasteiger partial charge in [-0.15, -0.1) is 0 Å². The summed E-state index contributed by atoms with van der Waals surface area (Å²) in [5.41, 5.74) is 0.901. The summed E-state index contributed by atoms with van der Waals surface area (Å²) in [5.74, 6) is 0.767. The maximum Gasteiger partial charge on any atom is 0.243 e. The van der Waals surface area contributed by atoms with Crippen LogP contribution in [0.3, 0.4) is 0 Å². The van der Waals surface area contributed by atoms with Crippen molar-refractivity contribution in [1.29, 1.82) is 0 Å². The molecule has 2 aromatic carbocycles. The minimum atomic E-state index is -3.94. The molecule has 1 unspecified atom stereocenters. The van der Waals surface area contributed by atoms with E-state index in [1.54, 1.807) is 7.11 Å². The van der Waals surface area contributed by atoms with Gasteiger partial charge in [0.05, 0.1) is 36.7 Å². The van der Waals surface area contributed by atoms with Gasteiger partial charge in [-0.3, -0.25) is 4.79 Å². The van der Waals surface area contributed by atoms with E-state index in [-0.39, 0.29) is 34.5 Å². The van der Waals surface area contributed by atoms with Gasteiger partial charge in [-0.2, -0.15) is 4.31 Å². The minimum Gasteiger partial charge on any atom is -0.497 e. The maximum atomic E-state index is 13.6. The summed E-state index contributed by atoms with van der Waals surface area (Å²) >= 11 is 6.19. The fourth-order valence-electron chi connectivity index (χ4n) is 4.13. The monoisotopic (exact) mass is 494 g/mol. The third-order valence-corrected chi connectivity index (χ3v) is 8.19. The van der Waals surface area contributed by atoms with Gasteiger partial charge in [0.2, 0.25) is 15.9 Å². The molecule has 0 radical (unpaired) electrons. The molecule has 1 saturated carbocycles. The molecule has 3 rings (SSSR count). The first-order valence-electron chi connectivity index (χ1n) is 11.0. The average Bonchev–Trinajstić information content (AvgIpc) is 2.83. The Morgan fingerprint density at radius 3 is 2.33 bits per heavy atom. The lowest BCUT2D eigenvalue weighted by molar-refractivity contribution is -0.122. The number of hydrogen-bond acceptors (Lipinski definition) is 5. The Morgan fingerprint density at radius 1 is 1.09 bits per heavy atom. The highest BCUT2D eigenvalue weighted by atomic mass is 35.5. The first-order chi connectivity index (χ1) is 15.8. The van der Waals surface area contributed by atoms with Crippen LogP contribution in [0.25, 0.3) is 0 Å². The Bertz CT molecular complexity index is 1050. The van der Waals surface area contributed by atoms with Gasteiger partial charge in [0.25, 0.3) is 0 Å². The van der Waals surface area contributed by atoms with Gasteiger partial charge in [-0.25, -0.2) is 8.42 Å². The first kappa shape index (κ1) is 25.3. The number of nitrogens with zero attached hydrogens (tertiary/aromatic N) is 1. The minimum absolute atomic E-state index is 0.0508. The highest BCUT2D eigenvalue weighted by Crippen LogP contribution is 2.32. The molecule has 33 heavy (non-hydrogen) atoms. The fraction of sp³-hybridized carbons (Fsp3) is 0.458. The Kier molecular flexibility index (Phi) is 8.62. The lowest BCUT2D eigenvalue weighted by atomic mass is 9.95. The predicted octanol–water partition coefficient (Wildman–Crippen LogP) is 4.56. The smallest absolute Gasteiger partial charge is 0.243 e. The molecule has 1 atom stereocenters. The quantitative estimate of drug-likeness (QED) is 0.552. The van der Waals surface area contributed by atoms with Crippen molar-refractivity contribution >= 4 is 27.5 Å². The highest BCUT2D eigenvalue weighted by Gasteiger charge is 2.34. The SMILES string of the molecule is COc1ccc(C(C)NC(=O)CN(C2CCCCC2)S(=O)(=O)c2ccc(OC)c(Cl)c2)cc1. The van der Waals surface area contributed by atoms with E-state index >= 15 is 0 Å². The van der Waals surface area contributed by atoms with Crippen LogP contribution in [0, 0.1) is 0 Å². The van der Waals surface area contributed by atoms with Gasteiger partial charge in [-0.05, 0) is 55.7 Å². The van der Waals surface area contributed by atoms with Gasteiger partial charge in [0, 0.05) is 6.04 Å². The number of sulfonamides is 1. The molecule has 7 nitrogen and oxygen atoms in total. The van der Waals surface area contributed by atoms with E-state index in [9.17, 15) is 13.2 Å². The zero-order valence-electron chi connectivity index (χ0n) is 19.2. The van der Waals surface area contributed by atoms with Gasteiger partial charge in [0.15, 0.2) is 0 Å². The molecule has 1 N–H and O–H groups in total. The summed E-state index contributed by atoms with van der Waals surface area (Å²) < 4.78 is 38.8. The molecule has 0 heterocycles. The van der Waals surface area contributed by atoms with Crippen molar-refractivity contribution in [3.05, 3.63) is 53.1 Å². The van der Waals surface area contributed by atoms with E-state index in [4.69, 9.17) is 21.1 Å². The zero-order chi connectivity index (χ0) is 24.0. The maximum absolute atomic E-state index is 13.6. The molecule has 2 aromatic rings. The van der Waals surface area contributed by atoms with E-state index in [1.165, 1.54) is 29.6 Å². The van der Waals surface area contributed by atoms with Crippen molar-refractivity contribution in [3.63, 3.8) is 0 Å². The Balaban J connectivity index is 1.81. The van der Waals surface area contributed by atoms with Gasteiger partial charge >= 0.3 is 0 Å². The van der Waals surface area contributed by atoms with Crippen LogP contribution in [0.15, 0.2) is 47.4 Å². The van der Waals surface area contributed by atoms with E-state index in [1.807, 2.05) is 31.2 Å². The van der Waals surface area contributed by atoms with E-state index in [0.717, 1.165) is 43.4 Å². The Morgan fingerprint density at radius 2 is 1.76 bits per heavy atom. The molecule has 1 aliphatic rings. The topological polar surface area (TPSA) is 84.9 Å². The second kappa shape index (κ2) is 11.2. The number of nitrogens with one attached hydrogen (secondary N) is 1. The Labute approximate surface area is 201 Å². The molecule has 0 spiro atoms. The zero-order valence-corrected chi connectivity index (χ0v) is 20.8. The number of rotatable bonds is 9. The molecule has 0 aromatic heterocycles. The number of carbonyl (C=O) groups is 1. The van der Waals surface area contributed by atoms with Crippen LogP contribution in [0.1, 0.15) is 50.6 Å². The van der Waals surface area contributed by atoms with Crippen molar-refractivity contribution in [1.82, 2.24) is 9.62 Å². The average molecular weight is 495 g/mol. The van der Waals surface area contributed by atoms with E-state index < -0.39 is 10.0 Å². The van der Waals surface area contributed by atoms with Crippen LogP contribution in [-0.4, -0.2) is 45.4 Å². The van der Waals surface area contributed by atoms with Crippen LogP contribution in [0.4, 0.5) is 0 Å². The molecular weight excluding hydrogens is 464 g/mol. The van der Waals surface area contributed by atoms with Crippen molar-refractivity contribution in [2.45, 2.75) is 56.0 Å². The second-order valence-electron chi connectivity index (χ2n) is 8.20. The van der Waals surface area contributed by atoms with Gasteiger partial charge in [0.1, 0.15) is 11.5 Å². The predicted molar refractivity (Wildman–Crippen MR) is 128 cm³/mol. The summed E-state index contributed by atoms with van der Waals surface area (Å²) in [6.07, 6.45) is 4.39. The third kappa shape index (κ3) is 6.19. The summed E-state index contributed by atoms with van der Waals surface area (Å²) in [4.78, 5) is 13.0. The van der Waals surface area contributed by atoms with Crippen LogP contribution in [-0.2, 0) is 14.8 Å². The van der Waals surface area contributed by atoms with Crippen molar-refractivity contribution < 1.29 is 22.7 Å². The number of carbonyl (C=O) groups excluding carboxylic acids is 1. The largest absolute Gasteiger partial charge is 0.497 e. The molecule has 9 heteroatoms. The van der Waals surface area contributed by atoms with E-state index in [2.05, 4.69) is 5.32 Å². The molecule has 1 amide bonds. The lowest BCUT2D eigenvalue weighted by Crippen LogP contribution is -2.47. The van der Waals surface area contributed by atoms with Gasteiger partial charge in [-0.1, -0.05) is 43.0 Å². The van der Waals surface area contributed by atoms with Crippen molar-refractivity contribution in [3.8, 4) is 11.5 Å². The number of benzene rings is 2. The number of halogens is 1. The lowest BCUT2D eigenvalue weighted by Gasteiger charge is -2.33. The molecule has 0 bridgehead atoms. The van der Waals surface area contributed by atoms with Crippen LogP contribution < -0.4 is 14.8 Å². The standard InChI is InChI=1S/C24H31ClN2O5S/c1-17(18-9-11-20(31-2)12-10-18)26-24(28)16-27(19-7-5-4-6-8-19)33(29,30)21-13-14-23(32-3)22(25)15-21/h9-15,17,19H,4-8,16H2,1-3H3,(H,26,28). The summed E-state index contributed by atoms with van der Waals surface area (Å²) in [7, 11) is -0.873. The third-order valence-electron chi connectivity index (χ3n) is 6.00. The van der Waals surface area contributed by atoms with Crippen LogP contribution >= 0.6 is 11.6 Å². The summed E-state index contributed by atoms with van der Waals surface area (Å²) in [6, 6.07) is 11.3. The fourth-order valence-corrected chi connectivity index (χ4v) is 6.12. The van der Waals surface area contributed by atoms with E-state index in [0.29, 0.717) is 5.75 Å². The number of amides is 1. The van der Waals surface area contributed by atoms with Gasteiger partial charge < -0.3 is 14.8 Å². The normalized spacial score (nSPS) is 15.8. The van der Waals surface area contributed by atoms with Crippen LogP contribution in [0.5, 0.6) is 11.5 Å². The number of hydrogen-bond donors (Lipinski definition) is 1. The number of ether oxygens (including phenoxy) is 2.